The highest BCUT2D eigenvalue weighted by molar-refractivity contribution is 4.94. The fourth-order valence-corrected chi connectivity index (χ4v) is 2.59. The van der Waals surface area contributed by atoms with E-state index in [2.05, 4.69) is 40.6 Å². The summed E-state index contributed by atoms with van der Waals surface area (Å²) in [5.41, 5.74) is 1.16. The normalized spacial score (nSPS) is 23.1. The van der Waals surface area contributed by atoms with Crippen molar-refractivity contribution >= 4 is 0 Å². The molecule has 1 aliphatic carbocycles. The molecule has 1 N–H and O–H groups in total. The molecule has 0 radical (unpaired) electrons. The van der Waals surface area contributed by atoms with E-state index in [4.69, 9.17) is 4.74 Å². The third kappa shape index (κ3) is 3.56. The van der Waals surface area contributed by atoms with E-state index in [9.17, 15) is 0 Å². The van der Waals surface area contributed by atoms with Crippen molar-refractivity contribution in [3.8, 4) is 0 Å². The monoisotopic (exact) mass is 279 g/mol. The molecule has 2 heterocycles. The highest BCUT2D eigenvalue weighted by Crippen LogP contribution is 2.19. The van der Waals surface area contributed by atoms with Crippen molar-refractivity contribution in [1.29, 1.82) is 0 Å². The molecule has 20 heavy (non-hydrogen) atoms. The Kier molecular flexibility index (Phi) is 4.05. The Morgan fingerprint density at radius 1 is 1.40 bits per heavy atom. The van der Waals surface area contributed by atoms with Gasteiger partial charge in [-0.2, -0.15) is 0 Å². The molecule has 1 saturated heterocycles. The maximum absolute atomic E-state index is 5.55. The molecule has 1 aromatic rings. The number of hydrogen-bond acceptors (Lipinski definition) is 5. The maximum Gasteiger partial charge on any atom is 0.0964 e. The van der Waals surface area contributed by atoms with Crippen LogP contribution in [-0.4, -0.2) is 57.8 Å². The van der Waals surface area contributed by atoms with Crippen LogP contribution in [0.25, 0.3) is 0 Å². The minimum Gasteiger partial charge on any atom is -0.378 e. The van der Waals surface area contributed by atoms with Crippen molar-refractivity contribution in [3.05, 3.63) is 11.9 Å². The van der Waals surface area contributed by atoms with Crippen LogP contribution in [0.3, 0.4) is 0 Å². The number of ether oxygens (including phenoxy) is 1. The number of nitrogens with one attached hydrogen (secondary N) is 1. The van der Waals surface area contributed by atoms with Crippen LogP contribution in [0.15, 0.2) is 6.20 Å². The predicted octanol–water partition coefficient (Wildman–Crippen LogP) is 0.641. The largest absolute Gasteiger partial charge is 0.378 e. The van der Waals surface area contributed by atoms with E-state index < -0.39 is 0 Å². The molecule has 1 aliphatic heterocycles. The van der Waals surface area contributed by atoms with Crippen molar-refractivity contribution in [2.75, 3.05) is 26.3 Å². The summed E-state index contributed by atoms with van der Waals surface area (Å²) in [7, 11) is 0. The molecule has 0 amide bonds. The number of aromatic nitrogens is 3. The third-order valence-corrected chi connectivity index (χ3v) is 4.15. The summed E-state index contributed by atoms with van der Waals surface area (Å²) in [6.45, 7) is 9.83. The molecule has 1 aromatic heterocycles. The molecule has 0 unspecified atom stereocenters. The van der Waals surface area contributed by atoms with E-state index in [0.717, 1.165) is 45.1 Å². The summed E-state index contributed by atoms with van der Waals surface area (Å²) in [5, 5.41) is 11.9. The zero-order valence-corrected chi connectivity index (χ0v) is 12.5. The van der Waals surface area contributed by atoms with Gasteiger partial charge in [0.15, 0.2) is 0 Å². The minimum atomic E-state index is 0.120. The van der Waals surface area contributed by atoms with Gasteiger partial charge < -0.3 is 10.1 Å². The smallest absolute Gasteiger partial charge is 0.0964 e. The Labute approximate surface area is 120 Å². The average molecular weight is 279 g/mol. The van der Waals surface area contributed by atoms with Crippen molar-refractivity contribution in [2.45, 2.75) is 51.4 Å². The Hall–Kier alpha value is -0.980. The van der Waals surface area contributed by atoms with Gasteiger partial charge in [0.05, 0.1) is 25.5 Å². The topological polar surface area (TPSA) is 55.2 Å². The fourth-order valence-electron chi connectivity index (χ4n) is 2.59. The van der Waals surface area contributed by atoms with Gasteiger partial charge in [-0.1, -0.05) is 5.21 Å². The van der Waals surface area contributed by atoms with Crippen LogP contribution in [-0.2, 0) is 17.8 Å². The second-order valence-corrected chi connectivity index (χ2v) is 6.48. The quantitative estimate of drug-likeness (QED) is 0.828. The summed E-state index contributed by atoms with van der Waals surface area (Å²) >= 11 is 0. The first-order valence-corrected chi connectivity index (χ1v) is 7.59. The highest BCUT2D eigenvalue weighted by atomic mass is 16.5. The van der Waals surface area contributed by atoms with Gasteiger partial charge in [-0.25, -0.2) is 0 Å². The van der Waals surface area contributed by atoms with Crippen molar-refractivity contribution < 1.29 is 4.74 Å². The van der Waals surface area contributed by atoms with E-state index in [1.807, 2.05) is 4.68 Å². The van der Waals surface area contributed by atoms with Gasteiger partial charge in [0, 0.05) is 37.4 Å². The lowest BCUT2D eigenvalue weighted by atomic mass is 10.0. The molecule has 1 saturated carbocycles. The Bertz CT molecular complexity index is 441. The van der Waals surface area contributed by atoms with Crippen molar-refractivity contribution in [1.82, 2.24) is 25.2 Å². The van der Waals surface area contributed by atoms with Gasteiger partial charge in [0.2, 0.25) is 0 Å². The second-order valence-electron chi connectivity index (χ2n) is 6.48. The van der Waals surface area contributed by atoms with E-state index in [1.54, 1.807) is 0 Å². The van der Waals surface area contributed by atoms with Crippen molar-refractivity contribution in [2.24, 2.45) is 0 Å². The molecule has 3 rings (SSSR count). The van der Waals surface area contributed by atoms with Crippen LogP contribution in [0.1, 0.15) is 32.4 Å². The SMILES string of the molecule is CC1(C)COCCN1CCn1cc(CNC2CC2)nn1. The summed E-state index contributed by atoms with van der Waals surface area (Å²) in [5.74, 6) is 0. The first-order chi connectivity index (χ1) is 9.63. The fraction of sp³-hybridized carbons (Fsp3) is 0.857. The molecular formula is C14H25N5O. The number of nitrogens with zero attached hydrogens (tertiary/aromatic N) is 4. The molecular weight excluding hydrogens is 254 g/mol. The second kappa shape index (κ2) is 5.79. The van der Waals surface area contributed by atoms with E-state index >= 15 is 0 Å². The Morgan fingerprint density at radius 3 is 3.00 bits per heavy atom. The van der Waals surface area contributed by atoms with Crippen molar-refractivity contribution in [3.63, 3.8) is 0 Å². The standard InChI is InChI=1S/C14H25N5O/c1-14(2)11-20-8-7-18(14)5-6-19-10-13(16-17-19)9-15-12-3-4-12/h10,12,15H,3-9,11H2,1-2H3. The van der Waals surface area contributed by atoms with Gasteiger partial charge in [-0.05, 0) is 26.7 Å². The summed E-state index contributed by atoms with van der Waals surface area (Å²) in [6.07, 6.45) is 4.67. The summed E-state index contributed by atoms with van der Waals surface area (Å²) in [4.78, 5) is 2.47. The van der Waals surface area contributed by atoms with E-state index in [0.29, 0.717) is 6.04 Å². The average Bonchev–Trinajstić information content (AvgIpc) is 3.14. The molecule has 6 nitrogen and oxygen atoms in total. The molecule has 6 heteroatoms. The highest BCUT2D eigenvalue weighted by Gasteiger charge is 2.30. The van der Waals surface area contributed by atoms with Crippen LogP contribution in [0.2, 0.25) is 0 Å². The zero-order valence-electron chi connectivity index (χ0n) is 12.5. The third-order valence-electron chi connectivity index (χ3n) is 4.15. The number of hydrogen-bond donors (Lipinski definition) is 1. The molecule has 0 aromatic carbocycles. The number of rotatable bonds is 6. The van der Waals surface area contributed by atoms with Crippen LogP contribution >= 0.6 is 0 Å². The zero-order chi connectivity index (χ0) is 14.0. The number of morpholine rings is 1. The Balaban J connectivity index is 1.47. The minimum absolute atomic E-state index is 0.120. The van der Waals surface area contributed by atoms with E-state index in [-0.39, 0.29) is 5.54 Å². The molecule has 2 aliphatic rings. The van der Waals surface area contributed by atoms with Gasteiger partial charge in [0.1, 0.15) is 0 Å². The summed E-state index contributed by atoms with van der Waals surface area (Å²) in [6, 6.07) is 0.717. The lowest BCUT2D eigenvalue weighted by Gasteiger charge is -2.42. The lowest BCUT2D eigenvalue weighted by Crippen LogP contribution is -2.53. The molecule has 112 valence electrons. The van der Waals surface area contributed by atoms with Gasteiger partial charge in [0.25, 0.3) is 0 Å². The molecule has 2 fully saturated rings. The van der Waals surface area contributed by atoms with Gasteiger partial charge in [-0.3, -0.25) is 9.58 Å². The van der Waals surface area contributed by atoms with E-state index in [1.165, 1.54) is 12.8 Å². The van der Waals surface area contributed by atoms with Gasteiger partial charge >= 0.3 is 0 Å². The summed E-state index contributed by atoms with van der Waals surface area (Å²) < 4.78 is 7.50. The van der Waals surface area contributed by atoms with Gasteiger partial charge in [-0.15, -0.1) is 5.10 Å². The van der Waals surface area contributed by atoms with Crippen LogP contribution in [0, 0.1) is 0 Å². The van der Waals surface area contributed by atoms with Crippen LogP contribution in [0.5, 0.6) is 0 Å². The van der Waals surface area contributed by atoms with Crippen LogP contribution in [0.4, 0.5) is 0 Å². The molecule has 0 bridgehead atoms. The van der Waals surface area contributed by atoms with Crippen LogP contribution < -0.4 is 5.32 Å². The first-order valence-electron chi connectivity index (χ1n) is 7.59. The molecule has 0 atom stereocenters. The Morgan fingerprint density at radius 2 is 2.25 bits per heavy atom. The maximum atomic E-state index is 5.55. The predicted molar refractivity (Wildman–Crippen MR) is 76.4 cm³/mol. The molecule has 0 spiro atoms. The lowest BCUT2D eigenvalue weighted by molar-refractivity contribution is -0.0524. The first kappa shape index (κ1) is 14.0.